The normalized spacial score (nSPS) is 21.7. The van der Waals surface area contributed by atoms with Crippen molar-refractivity contribution in [2.45, 2.75) is 31.3 Å². The molecule has 0 aromatic heterocycles. The summed E-state index contributed by atoms with van der Waals surface area (Å²) in [5.74, 6) is -0.309. The van der Waals surface area contributed by atoms with Crippen LogP contribution in [0.5, 0.6) is 0 Å². The lowest BCUT2D eigenvalue weighted by Crippen LogP contribution is -2.47. The van der Waals surface area contributed by atoms with Gasteiger partial charge < -0.3 is 10.2 Å². The van der Waals surface area contributed by atoms with E-state index >= 15 is 0 Å². The van der Waals surface area contributed by atoms with E-state index in [1.165, 1.54) is 28.0 Å². The number of anilines is 1. The van der Waals surface area contributed by atoms with Gasteiger partial charge in [0.15, 0.2) is 0 Å². The molecule has 2 heterocycles. The quantitative estimate of drug-likeness (QED) is 0.629. The summed E-state index contributed by atoms with van der Waals surface area (Å²) >= 11 is 0. The Morgan fingerprint density at radius 2 is 1.76 bits per heavy atom. The van der Waals surface area contributed by atoms with Crippen molar-refractivity contribution in [1.82, 2.24) is 10.2 Å². The van der Waals surface area contributed by atoms with Crippen molar-refractivity contribution in [2.75, 3.05) is 25.0 Å². The Morgan fingerprint density at radius 1 is 1.00 bits per heavy atom. The molecule has 3 aliphatic rings. The van der Waals surface area contributed by atoms with E-state index in [0.717, 1.165) is 43.6 Å². The van der Waals surface area contributed by atoms with E-state index in [2.05, 4.69) is 46.6 Å². The number of hydrogen-bond acceptors (Lipinski definition) is 3. The third kappa shape index (κ3) is 3.18. The molecule has 0 saturated carbocycles. The molecule has 5 nitrogen and oxygen atoms in total. The van der Waals surface area contributed by atoms with Crippen LogP contribution in [0.25, 0.3) is 16.3 Å². The van der Waals surface area contributed by atoms with Crippen molar-refractivity contribution in [2.24, 2.45) is 0 Å². The van der Waals surface area contributed by atoms with Gasteiger partial charge in [-0.15, -0.1) is 0 Å². The van der Waals surface area contributed by atoms with Gasteiger partial charge in [0.1, 0.15) is 0 Å². The second-order valence-electron chi connectivity index (χ2n) is 9.21. The fourth-order valence-electron chi connectivity index (χ4n) is 5.97. The van der Waals surface area contributed by atoms with E-state index in [0.29, 0.717) is 11.6 Å². The number of benzene rings is 3. The van der Waals surface area contributed by atoms with Crippen molar-refractivity contribution >= 4 is 33.8 Å². The highest BCUT2D eigenvalue weighted by atomic mass is 16.2. The molecule has 5 heteroatoms. The molecule has 1 saturated heterocycles. The highest BCUT2D eigenvalue weighted by molar-refractivity contribution is 6.35. The standard InChI is InChI=1S/C28H27N3O2/c1-29-26(32)17-23-21-9-2-3-11-24(21)31(28(23)33)20-12-14-30(15-13-20)25-16-19-8-4-6-18-7-5-10-22(25)27(18)19/h2-11,17,20,25H,12-16H2,1H3,(H,29,32)/b23-17+. The lowest BCUT2D eigenvalue weighted by atomic mass is 9.98. The van der Waals surface area contributed by atoms with Gasteiger partial charge in [0.05, 0.1) is 11.3 Å². The third-order valence-corrected chi connectivity index (χ3v) is 7.53. The molecule has 0 spiro atoms. The van der Waals surface area contributed by atoms with Gasteiger partial charge in [0, 0.05) is 43.9 Å². The minimum Gasteiger partial charge on any atom is -0.356 e. The summed E-state index contributed by atoms with van der Waals surface area (Å²) < 4.78 is 0. The van der Waals surface area contributed by atoms with Gasteiger partial charge in [-0.2, -0.15) is 0 Å². The lowest BCUT2D eigenvalue weighted by molar-refractivity contribution is -0.117. The summed E-state index contributed by atoms with van der Waals surface area (Å²) in [6.07, 6.45) is 4.35. The highest BCUT2D eigenvalue weighted by Gasteiger charge is 2.40. The number of rotatable bonds is 3. The van der Waals surface area contributed by atoms with Crippen molar-refractivity contribution < 1.29 is 9.59 Å². The molecule has 3 aromatic carbocycles. The molecule has 33 heavy (non-hydrogen) atoms. The first-order chi connectivity index (χ1) is 16.2. The number of likely N-dealkylation sites (N-methyl/N-ethyl adjacent to an activating group) is 1. The van der Waals surface area contributed by atoms with E-state index in [4.69, 9.17) is 0 Å². The SMILES string of the molecule is CNC(=O)/C=C1/C(=O)N(C2CCN(C3Cc4cccc5cccc3c45)CC2)c2ccccc21. The van der Waals surface area contributed by atoms with Crippen molar-refractivity contribution in [1.29, 1.82) is 0 Å². The van der Waals surface area contributed by atoms with Crippen LogP contribution in [0.3, 0.4) is 0 Å². The Hall–Kier alpha value is -3.44. The molecule has 166 valence electrons. The van der Waals surface area contributed by atoms with Gasteiger partial charge in [-0.1, -0.05) is 54.6 Å². The Labute approximate surface area is 193 Å². The molecule has 1 N–H and O–H groups in total. The molecule has 6 rings (SSSR count). The number of carbonyl (C=O) groups is 2. The summed E-state index contributed by atoms with van der Waals surface area (Å²) in [5, 5.41) is 5.36. The zero-order valence-electron chi connectivity index (χ0n) is 18.8. The minimum atomic E-state index is -0.250. The van der Waals surface area contributed by atoms with Gasteiger partial charge in [-0.3, -0.25) is 14.5 Å². The maximum Gasteiger partial charge on any atom is 0.259 e. The first-order valence-corrected chi connectivity index (χ1v) is 11.8. The molecule has 1 fully saturated rings. The number of amides is 2. The predicted octanol–water partition coefficient (Wildman–Crippen LogP) is 4.08. The Balaban J connectivity index is 1.23. The van der Waals surface area contributed by atoms with Crippen molar-refractivity contribution in [3.05, 3.63) is 83.4 Å². The monoisotopic (exact) mass is 437 g/mol. The topological polar surface area (TPSA) is 52.7 Å². The van der Waals surface area contributed by atoms with Crippen LogP contribution in [-0.4, -0.2) is 42.9 Å². The van der Waals surface area contributed by atoms with Gasteiger partial charge in [0.2, 0.25) is 5.91 Å². The van der Waals surface area contributed by atoms with Crippen LogP contribution >= 0.6 is 0 Å². The molecule has 1 atom stereocenters. The first-order valence-electron chi connectivity index (χ1n) is 11.8. The molecule has 2 amide bonds. The maximum atomic E-state index is 13.4. The average molecular weight is 438 g/mol. The van der Waals surface area contributed by atoms with Crippen LogP contribution in [-0.2, 0) is 16.0 Å². The second kappa shape index (κ2) is 7.85. The van der Waals surface area contributed by atoms with E-state index in [1.54, 1.807) is 7.05 Å². The number of fused-ring (bicyclic) bond motifs is 1. The maximum absolute atomic E-state index is 13.4. The number of nitrogens with one attached hydrogen (secondary N) is 1. The van der Waals surface area contributed by atoms with Crippen molar-refractivity contribution in [3.63, 3.8) is 0 Å². The molecule has 0 bridgehead atoms. The second-order valence-corrected chi connectivity index (χ2v) is 9.21. The third-order valence-electron chi connectivity index (χ3n) is 7.53. The number of likely N-dealkylation sites (tertiary alicyclic amines) is 1. The fraction of sp³-hybridized carbons (Fsp3) is 0.286. The number of carbonyl (C=O) groups excluding carboxylic acids is 2. The number of para-hydroxylation sites is 1. The Bertz CT molecular complexity index is 1300. The minimum absolute atomic E-state index is 0.0590. The lowest BCUT2D eigenvalue weighted by Gasteiger charge is -2.39. The average Bonchev–Trinajstić information content (AvgIpc) is 3.36. The van der Waals surface area contributed by atoms with Gasteiger partial charge in [-0.05, 0) is 47.2 Å². The van der Waals surface area contributed by atoms with Crippen LogP contribution < -0.4 is 10.2 Å². The van der Waals surface area contributed by atoms with Crippen LogP contribution in [0.1, 0.15) is 35.6 Å². The molecule has 1 unspecified atom stereocenters. The molecule has 0 radical (unpaired) electrons. The van der Waals surface area contributed by atoms with Gasteiger partial charge in [0.25, 0.3) is 5.91 Å². The number of nitrogens with zero attached hydrogens (tertiary/aromatic N) is 2. The molecule has 2 aliphatic heterocycles. The molecule has 1 aliphatic carbocycles. The van der Waals surface area contributed by atoms with E-state index < -0.39 is 0 Å². The largest absolute Gasteiger partial charge is 0.356 e. The van der Waals surface area contributed by atoms with Crippen LogP contribution in [0.2, 0.25) is 0 Å². The van der Waals surface area contributed by atoms with Gasteiger partial charge >= 0.3 is 0 Å². The molecular weight excluding hydrogens is 410 g/mol. The van der Waals surface area contributed by atoms with E-state index in [-0.39, 0.29) is 17.9 Å². The van der Waals surface area contributed by atoms with Crippen LogP contribution in [0.4, 0.5) is 5.69 Å². The zero-order chi connectivity index (χ0) is 22.5. The van der Waals surface area contributed by atoms with E-state index in [9.17, 15) is 9.59 Å². The van der Waals surface area contributed by atoms with Crippen LogP contribution in [0.15, 0.2) is 66.7 Å². The molecule has 3 aromatic rings. The Kier molecular flexibility index (Phi) is 4.80. The first kappa shape index (κ1) is 20.2. The number of hydrogen-bond donors (Lipinski definition) is 1. The smallest absolute Gasteiger partial charge is 0.259 e. The highest BCUT2D eigenvalue weighted by Crippen LogP contribution is 2.43. The summed E-state index contributed by atoms with van der Waals surface area (Å²) in [5.41, 5.74) is 5.16. The predicted molar refractivity (Wildman–Crippen MR) is 131 cm³/mol. The zero-order valence-corrected chi connectivity index (χ0v) is 18.8. The van der Waals surface area contributed by atoms with E-state index in [1.807, 2.05) is 29.2 Å². The molecular formula is C28H27N3O2. The Morgan fingerprint density at radius 3 is 2.55 bits per heavy atom. The summed E-state index contributed by atoms with van der Waals surface area (Å²) in [4.78, 5) is 29.9. The summed E-state index contributed by atoms with van der Waals surface area (Å²) in [6.45, 7) is 1.92. The number of piperidine rings is 1. The van der Waals surface area contributed by atoms with Gasteiger partial charge in [-0.25, -0.2) is 0 Å². The fourth-order valence-corrected chi connectivity index (χ4v) is 5.97. The van der Waals surface area contributed by atoms with Crippen molar-refractivity contribution in [3.8, 4) is 0 Å². The summed E-state index contributed by atoms with van der Waals surface area (Å²) in [7, 11) is 1.58. The van der Waals surface area contributed by atoms with Crippen LogP contribution in [0, 0.1) is 0 Å². The summed E-state index contributed by atoms with van der Waals surface area (Å²) in [6, 6.07) is 21.7.